The second-order valence-corrected chi connectivity index (χ2v) is 8.54. The van der Waals surface area contributed by atoms with Crippen LogP contribution in [0.4, 0.5) is 5.69 Å². The highest BCUT2D eigenvalue weighted by Gasteiger charge is 2.12. The van der Waals surface area contributed by atoms with Crippen molar-refractivity contribution in [3.63, 3.8) is 0 Å². The van der Waals surface area contributed by atoms with Gasteiger partial charge in [0.1, 0.15) is 18.2 Å². The number of carbonyl (C=O) groups is 1. The van der Waals surface area contributed by atoms with Crippen molar-refractivity contribution >= 4 is 23.4 Å². The van der Waals surface area contributed by atoms with Crippen LogP contribution in [0.5, 0.6) is 5.75 Å². The van der Waals surface area contributed by atoms with Gasteiger partial charge in [0.05, 0.1) is 0 Å². The predicted octanol–water partition coefficient (Wildman–Crippen LogP) is 3.80. The van der Waals surface area contributed by atoms with Crippen molar-refractivity contribution in [1.29, 1.82) is 0 Å². The SMILES string of the molecule is Cn1ccnc1COc1ccc(C(=O)Nc2cccc(CN3CCSCC3)c2)cc1. The largest absolute Gasteiger partial charge is 0.486 e. The average molecular weight is 423 g/mol. The Morgan fingerprint density at radius 2 is 1.97 bits per heavy atom. The number of benzene rings is 2. The third kappa shape index (κ3) is 5.43. The third-order valence-corrected chi connectivity index (χ3v) is 6.04. The Kier molecular flexibility index (Phi) is 6.71. The molecule has 0 aliphatic carbocycles. The van der Waals surface area contributed by atoms with Gasteiger partial charge in [0.25, 0.3) is 5.91 Å². The zero-order valence-corrected chi connectivity index (χ0v) is 17.9. The normalized spacial score (nSPS) is 14.4. The van der Waals surface area contributed by atoms with Crippen LogP contribution in [0.1, 0.15) is 21.7 Å². The fourth-order valence-electron chi connectivity index (χ4n) is 3.35. The van der Waals surface area contributed by atoms with Crippen molar-refractivity contribution in [2.75, 3.05) is 29.9 Å². The Bertz CT molecular complexity index is 981. The van der Waals surface area contributed by atoms with Crippen molar-refractivity contribution in [3.8, 4) is 5.75 Å². The zero-order chi connectivity index (χ0) is 20.8. The molecule has 0 spiro atoms. The number of anilines is 1. The number of carbonyl (C=O) groups excluding carboxylic acids is 1. The van der Waals surface area contributed by atoms with Gasteiger partial charge in [-0.15, -0.1) is 0 Å². The molecule has 0 saturated carbocycles. The lowest BCUT2D eigenvalue weighted by Gasteiger charge is -2.26. The van der Waals surface area contributed by atoms with Gasteiger partial charge >= 0.3 is 0 Å². The van der Waals surface area contributed by atoms with Crippen molar-refractivity contribution in [2.24, 2.45) is 7.05 Å². The van der Waals surface area contributed by atoms with E-state index in [0.29, 0.717) is 17.9 Å². The molecule has 2 aromatic carbocycles. The molecule has 3 aromatic rings. The van der Waals surface area contributed by atoms with E-state index in [2.05, 4.69) is 27.3 Å². The number of amides is 1. The molecule has 1 saturated heterocycles. The minimum absolute atomic E-state index is 0.128. The van der Waals surface area contributed by atoms with Crippen molar-refractivity contribution in [2.45, 2.75) is 13.2 Å². The number of hydrogen-bond acceptors (Lipinski definition) is 5. The van der Waals surface area contributed by atoms with Crippen LogP contribution in [-0.4, -0.2) is 45.0 Å². The second-order valence-electron chi connectivity index (χ2n) is 7.31. The first-order valence-corrected chi connectivity index (χ1v) is 11.2. The standard InChI is InChI=1S/C23H26N4O2S/c1-26-10-9-24-22(26)17-29-21-7-5-19(6-8-21)23(28)25-20-4-2-3-18(15-20)16-27-11-13-30-14-12-27/h2-10,15H,11-14,16-17H2,1H3,(H,25,28). The molecule has 0 bridgehead atoms. The van der Waals surface area contributed by atoms with E-state index in [9.17, 15) is 4.79 Å². The fourth-order valence-corrected chi connectivity index (χ4v) is 4.33. The molecule has 0 unspecified atom stereocenters. The summed E-state index contributed by atoms with van der Waals surface area (Å²) in [6.45, 7) is 3.55. The van der Waals surface area contributed by atoms with Gasteiger partial charge in [0.15, 0.2) is 0 Å². The molecule has 1 aliphatic heterocycles. The average Bonchev–Trinajstić information content (AvgIpc) is 3.18. The maximum atomic E-state index is 12.6. The van der Waals surface area contributed by atoms with Crippen LogP contribution in [0.15, 0.2) is 60.9 Å². The summed E-state index contributed by atoms with van der Waals surface area (Å²) in [7, 11) is 1.93. The van der Waals surface area contributed by atoms with Crippen LogP contribution in [0.3, 0.4) is 0 Å². The summed E-state index contributed by atoms with van der Waals surface area (Å²) in [5.41, 5.74) is 2.63. The molecule has 156 valence electrons. The molecule has 1 fully saturated rings. The Balaban J connectivity index is 1.33. The van der Waals surface area contributed by atoms with E-state index in [1.807, 2.05) is 53.8 Å². The maximum absolute atomic E-state index is 12.6. The number of thioether (sulfide) groups is 1. The molecular formula is C23H26N4O2S. The van der Waals surface area contributed by atoms with Crippen LogP contribution in [-0.2, 0) is 20.2 Å². The lowest BCUT2D eigenvalue weighted by atomic mass is 10.1. The van der Waals surface area contributed by atoms with E-state index in [4.69, 9.17) is 4.74 Å². The fraction of sp³-hybridized carbons (Fsp3) is 0.304. The van der Waals surface area contributed by atoms with Gasteiger partial charge in [0, 0.05) is 61.8 Å². The lowest BCUT2D eigenvalue weighted by Crippen LogP contribution is -2.31. The van der Waals surface area contributed by atoms with Gasteiger partial charge in [-0.3, -0.25) is 9.69 Å². The molecule has 30 heavy (non-hydrogen) atoms. The van der Waals surface area contributed by atoms with Crippen molar-refractivity contribution in [3.05, 3.63) is 77.9 Å². The predicted molar refractivity (Wildman–Crippen MR) is 121 cm³/mol. The molecule has 1 N–H and O–H groups in total. The van der Waals surface area contributed by atoms with E-state index in [1.54, 1.807) is 18.3 Å². The summed E-state index contributed by atoms with van der Waals surface area (Å²) in [5, 5.41) is 3.00. The minimum atomic E-state index is -0.128. The van der Waals surface area contributed by atoms with Crippen LogP contribution >= 0.6 is 11.8 Å². The summed E-state index contributed by atoms with van der Waals surface area (Å²) in [4.78, 5) is 19.3. The Labute approximate surface area is 181 Å². The van der Waals surface area contributed by atoms with E-state index in [-0.39, 0.29) is 5.91 Å². The van der Waals surface area contributed by atoms with Crippen LogP contribution in [0.25, 0.3) is 0 Å². The van der Waals surface area contributed by atoms with Gasteiger partial charge in [-0.2, -0.15) is 11.8 Å². The van der Waals surface area contributed by atoms with Crippen LogP contribution in [0.2, 0.25) is 0 Å². The first kappa shape index (κ1) is 20.5. The summed E-state index contributed by atoms with van der Waals surface area (Å²) in [6.07, 6.45) is 3.62. The molecule has 0 radical (unpaired) electrons. The number of nitrogens with zero attached hydrogens (tertiary/aromatic N) is 3. The monoisotopic (exact) mass is 422 g/mol. The van der Waals surface area contributed by atoms with Crippen LogP contribution in [0, 0.1) is 0 Å². The highest BCUT2D eigenvalue weighted by atomic mass is 32.2. The highest BCUT2D eigenvalue weighted by Crippen LogP contribution is 2.18. The molecular weight excluding hydrogens is 396 g/mol. The summed E-state index contributed by atoms with van der Waals surface area (Å²) < 4.78 is 7.67. The van der Waals surface area contributed by atoms with Crippen LogP contribution < -0.4 is 10.1 Å². The number of rotatable bonds is 7. The Morgan fingerprint density at radius 3 is 2.70 bits per heavy atom. The smallest absolute Gasteiger partial charge is 0.255 e. The lowest BCUT2D eigenvalue weighted by molar-refractivity contribution is 0.102. The molecule has 6 nitrogen and oxygen atoms in total. The summed E-state index contributed by atoms with van der Waals surface area (Å²) in [6, 6.07) is 15.3. The van der Waals surface area contributed by atoms with E-state index < -0.39 is 0 Å². The zero-order valence-electron chi connectivity index (χ0n) is 17.1. The number of ether oxygens (including phenoxy) is 1. The maximum Gasteiger partial charge on any atom is 0.255 e. The number of hydrogen-bond donors (Lipinski definition) is 1. The first-order chi connectivity index (χ1) is 14.7. The third-order valence-electron chi connectivity index (χ3n) is 5.10. The molecule has 2 heterocycles. The molecule has 0 atom stereocenters. The molecule has 4 rings (SSSR count). The molecule has 1 amide bonds. The topological polar surface area (TPSA) is 59.4 Å². The number of aromatic nitrogens is 2. The minimum Gasteiger partial charge on any atom is -0.486 e. The number of aryl methyl sites for hydroxylation is 1. The number of imidazole rings is 1. The van der Waals surface area contributed by atoms with E-state index >= 15 is 0 Å². The van der Waals surface area contributed by atoms with Gasteiger partial charge < -0.3 is 14.6 Å². The Morgan fingerprint density at radius 1 is 1.17 bits per heavy atom. The van der Waals surface area contributed by atoms with Gasteiger partial charge in [-0.05, 0) is 42.0 Å². The molecule has 1 aliphatic rings. The van der Waals surface area contributed by atoms with Gasteiger partial charge in [-0.1, -0.05) is 12.1 Å². The van der Waals surface area contributed by atoms with Crippen molar-refractivity contribution in [1.82, 2.24) is 14.5 Å². The van der Waals surface area contributed by atoms with E-state index in [1.165, 1.54) is 17.1 Å². The summed E-state index contributed by atoms with van der Waals surface area (Å²) in [5.74, 6) is 3.81. The van der Waals surface area contributed by atoms with Gasteiger partial charge in [0.2, 0.25) is 0 Å². The number of nitrogens with one attached hydrogen (secondary N) is 1. The quantitative estimate of drug-likeness (QED) is 0.628. The second kappa shape index (κ2) is 9.82. The Hall–Kier alpha value is -2.77. The van der Waals surface area contributed by atoms with Gasteiger partial charge in [-0.25, -0.2) is 4.98 Å². The van der Waals surface area contributed by atoms with E-state index in [0.717, 1.165) is 31.1 Å². The summed E-state index contributed by atoms with van der Waals surface area (Å²) >= 11 is 2.01. The van der Waals surface area contributed by atoms with Crippen molar-refractivity contribution < 1.29 is 9.53 Å². The highest BCUT2D eigenvalue weighted by molar-refractivity contribution is 7.99. The molecule has 7 heteroatoms. The molecule has 1 aromatic heterocycles. The first-order valence-electron chi connectivity index (χ1n) is 10.1.